The van der Waals surface area contributed by atoms with E-state index in [9.17, 15) is 19.8 Å². The van der Waals surface area contributed by atoms with Crippen LogP contribution in [0.25, 0.3) is 0 Å². The van der Waals surface area contributed by atoms with E-state index in [1.54, 1.807) is 0 Å². The summed E-state index contributed by atoms with van der Waals surface area (Å²) in [5.74, 6) is -0.149. The van der Waals surface area contributed by atoms with Crippen LogP contribution in [0, 0.1) is 0 Å². The van der Waals surface area contributed by atoms with Gasteiger partial charge in [0.05, 0.1) is 18.8 Å². The minimum Gasteiger partial charge on any atom is -0.394 e. The van der Waals surface area contributed by atoms with Crippen molar-refractivity contribution in [2.75, 3.05) is 13.2 Å². The Bertz CT molecular complexity index is 767. The number of rotatable bonds is 12. The van der Waals surface area contributed by atoms with Gasteiger partial charge in [0, 0.05) is 18.9 Å². The van der Waals surface area contributed by atoms with Gasteiger partial charge in [-0.2, -0.15) is 0 Å². The number of carbonyl (C=O) groups excluding carboxylic acids is 2. The van der Waals surface area contributed by atoms with Crippen LogP contribution in [0.1, 0.15) is 54.1 Å². The summed E-state index contributed by atoms with van der Waals surface area (Å²) in [6.45, 7) is 0.700. The number of hydrogen-bond donors (Lipinski definition) is 3. The lowest BCUT2D eigenvalue weighted by atomic mass is 9.92. The molecule has 0 radical (unpaired) electrons. The summed E-state index contributed by atoms with van der Waals surface area (Å²) >= 11 is 0. The molecule has 29 heavy (non-hydrogen) atoms. The molecule has 3 N–H and O–H groups in total. The normalized spacial score (nSPS) is 11.3. The monoisotopic (exact) mass is 397 g/mol. The van der Waals surface area contributed by atoms with Crippen LogP contribution in [-0.2, 0) is 17.6 Å². The Labute approximate surface area is 172 Å². The highest BCUT2D eigenvalue weighted by Crippen LogP contribution is 2.16. The molecule has 0 unspecified atom stereocenters. The number of aliphatic hydroxyl groups excluding tert-OH is 2. The Kier molecular flexibility index (Phi) is 9.03. The first-order valence-corrected chi connectivity index (χ1v) is 10.1. The van der Waals surface area contributed by atoms with Crippen LogP contribution < -0.4 is 5.32 Å². The van der Waals surface area contributed by atoms with Gasteiger partial charge in [-0.3, -0.25) is 9.59 Å². The molecule has 0 aliphatic rings. The summed E-state index contributed by atoms with van der Waals surface area (Å²) in [7, 11) is 0. The van der Waals surface area contributed by atoms with Crippen molar-refractivity contribution in [3.8, 4) is 0 Å². The van der Waals surface area contributed by atoms with Crippen molar-refractivity contribution in [3.63, 3.8) is 0 Å². The molecule has 0 atom stereocenters. The van der Waals surface area contributed by atoms with E-state index in [-0.39, 0.29) is 24.9 Å². The van der Waals surface area contributed by atoms with Crippen molar-refractivity contribution in [2.45, 2.75) is 51.0 Å². The van der Waals surface area contributed by atoms with E-state index in [1.165, 1.54) is 12.5 Å². The molecule has 2 aromatic carbocycles. The number of unbranched alkanes of at least 4 members (excludes halogenated alkanes) is 1. The second kappa shape index (κ2) is 11.5. The summed E-state index contributed by atoms with van der Waals surface area (Å²) < 4.78 is 0. The molecule has 0 saturated carbocycles. The van der Waals surface area contributed by atoms with Crippen molar-refractivity contribution < 1.29 is 19.8 Å². The molecule has 156 valence electrons. The van der Waals surface area contributed by atoms with E-state index in [0.717, 1.165) is 24.8 Å². The fourth-order valence-electron chi connectivity index (χ4n) is 3.37. The Hall–Kier alpha value is -2.50. The number of Topliss-reactive ketones (excluding diaryl/α,β-unsaturated/α-hetero) is 1. The quantitative estimate of drug-likeness (QED) is 0.379. The van der Waals surface area contributed by atoms with Crippen LogP contribution in [-0.4, -0.2) is 40.7 Å². The molecule has 0 saturated heterocycles. The van der Waals surface area contributed by atoms with E-state index in [1.807, 2.05) is 42.5 Å². The molecule has 5 nitrogen and oxygen atoms in total. The molecule has 5 heteroatoms. The largest absolute Gasteiger partial charge is 0.394 e. The van der Waals surface area contributed by atoms with Crippen molar-refractivity contribution in [1.29, 1.82) is 0 Å². The molecule has 0 heterocycles. The Morgan fingerprint density at radius 2 is 1.48 bits per heavy atom. The highest BCUT2D eigenvalue weighted by atomic mass is 16.3. The third kappa shape index (κ3) is 7.44. The molecule has 1 amide bonds. The Balaban J connectivity index is 1.81. The summed E-state index contributed by atoms with van der Waals surface area (Å²) in [6.07, 6.45) is 4.36. The summed E-state index contributed by atoms with van der Waals surface area (Å²) in [5.41, 5.74) is 1.96. The summed E-state index contributed by atoms with van der Waals surface area (Å²) in [5, 5.41) is 21.8. The number of aryl methyl sites for hydroxylation is 2. The molecule has 0 bridgehead atoms. The number of amides is 1. The van der Waals surface area contributed by atoms with E-state index in [4.69, 9.17) is 0 Å². The number of hydrogen-bond acceptors (Lipinski definition) is 4. The van der Waals surface area contributed by atoms with Crippen LogP contribution in [0.4, 0.5) is 0 Å². The molecule has 0 spiro atoms. The van der Waals surface area contributed by atoms with Gasteiger partial charge in [-0.05, 0) is 43.2 Å². The maximum atomic E-state index is 12.4. The van der Waals surface area contributed by atoms with Gasteiger partial charge in [-0.15, -0.1) is 0 Å². The van der Waals surface area contributed by atoms with Crippen LogP contribution in [0.15, 0.2) is 54.6 Å². The fraction of sp³-hybridized carbons (Fsp3) is 0.417. The third-order valence-electron chi connectivity index (χ3n) is 5.18. The van der Waals surface area contributed by atoms with Gasteiger partial charge >= 0.3 is 0 Å². The minimum absolute atomic E-state index is 0.142. The number of carbonyl (C=O) groups is 2. The Morgan fingerprint density at radius 3 is 2.07 bits per heavy atom. The predicted octanol–water partition coefficient (Wildman–Crippen LogP) is 3.07. The van der Waals surface area contributed by atoms with Crippen molar-refractivity contribution in [3.05, 3.63) is 71.3 Å². The standard InChI is InChI=1S/C24H31NO4/c1-19(28)25-24(17-26,18-27)16-15-21-11-13-22(14-12-21)23(29)10-6-5-9-20-7-3-2-4-8-20/h2-4,7-8,11-14,26-27H,5-6,9-10,15-18H2,1H3,(H,25,28). The van der Waals surface area contributed by atoms with Gasteiger partial charge in [-0.1, -0.05) is 54.6 Å². The minimum atomic E-state index is -1.03. The van der Waals surface area contributed by atoms with Gasteiger partial charge in [0.25, 0.3) is 0 Å². The van der Waals surface area contributed by atoms with Crippen LogP contribution >= 0.6 is 0 Å². The Morgan fingerprint density at radius 1 is 0.862 bits per heavy atom. The maximum absolute atomic E-state index is 12.4. The molecular formula is C24H31NO4. The van der Waals surface area contributed by atoms with Gasteiger partial charge in [0.1, 0.15) is 0 Å². The summed E-state index contributed by atoms with van der Waals surface area (Å²) in [4.78, 5) is 23.7. The fourth-order valence-corrected chi connectivity index (χ4v) is 3.37. The van der Waals surface area contributed by atoms with E-state index < -0.39 is 5.54 Å². The molecule has 0 aliphatic carbocycles. The van der Waals surface area contributed by atoms with E-state index >= 15 is 0 Å². The third-order valence-corrected chi connectivity index (χ3v) is 5.18. The van der Waals surface area contributed by atoms with Crippen molar-refractivity contribution in [1.82, 2.24) is 5.32 Å². The smallest absolute Gasteiger partial charge is 0.217 e. The van der Waals surface area contributed by atoms with Gasteiger partial charge < -0.3 is 15.5 Å². The molecule has 0 aliphatic heterocycles. The highest BCUT2D eigenvalue weighted by molar-refractivity contribution is 5.96. The van der Waals surface area contributed by atoms with Crippen molar-refractivity contribution in [2.24, 2.45) is 0 Å². The maximum Gasteiger partial charge on any atom is 0.217 e. The van der Waals surface area contributed by atoms with Crippen LogP contribution in [0.3, 0.4) is 0 Å². The van der Waals surface area contributed by atoms with E-state index in [0.29, 0.717) is 24.8 Å². The lowest BCUT2D eigenvalue weighted by molar-refractivity contribution is -0.122. The first-order chi connectivity index (χ1) is 14.0. The van der Waals surface area contributed by atoms with E-state index in [2.05, 4.69) is 17.4 Å². The van der Waals surface area contributed by atoms with Gasteiger partial charge in [-0.25, -0.2) is 0 Å². The number of aliphatic hydroxyl groups is 2. The molecule has 0 fully saturated rings. The molecule has 2 aromatic rings. The second-order valence-corrected chi connectivity index (χ2v) is 7.59. The molecule has 2 rings (SSSR count). The lowest BCUT2D eigenvalue weighted by Crippen LogP contribution is -2.53. The summed E-state index contributed by atoms with van der Waals surface area (Å²) in [6, 6.07) is 17.7. The zero-order chi connectivity index (χ0) is 21.1. The highest BCUT2D eigenvalue weighted by Gasteiger charge is 2.29. The SMILES string of the molecule is CC(=O)NC(CO)(CO)CCc1ccc(C(=O)CCCCc2ccccc2)cc1. The lowest BCUT2D eigenvalue weighted by Gasteiger charge is -2.30. The zero-order valence-corrected chi connectivity index (χ0v) is 17.1. The molecular weight excluding hydrogens is 366 g/mol. The first-order valence-electron chi connectivity index (χ1n) is 10.1. The topological polar surface area (TPSA) is 86.6 Å². The number of nitrogens with one attached hydrogen (secondary N) is 1. The second-order valence-electron chi connectivity index (χ2n) is 7.59. The zero-order valence-electron chi connectivity index (χ0n) is 17.1. The van der Waals surface area contributed by atoms with Gasteiger partial charge in [0.2, 0.25) is 5.91 Å². The van der Waals surface area contributed by atoms with Gasteiger partial charge in [0.15, 0.2) is 5.78 Å². The number of benzene rings is 2. The van der Waals surface area contributed by atoms with Crippen LogP contribution in [0.5, 0.6) is 0 Å². The van der Waals surface area contributed by atoms with Crippen molar-refractivity contribution >= 4 is 11.7 Å². The average molecular weight is 398 g/mol. The predicted molar refractivity (Wildman–Crippen MR) is 114 cm³/mol. The first kappa shape index (κ1) is 22.8. The number of ketones is 1. The van der Waals surface area contributed by atoms with Crippen LogP contribution in [0.2, 0.25) is 0 Å². The molecule has 0 aromatic heterocycles. The average Bonchev–Trinajstić information content (AvgIpc) is 2.75.